The Kier molecular flexibility index (Phi) is 4.84. The second-order valence-electron chi connectivity index (χ2n) is 6.46. The average Bonchev–Trinajstić information content (AvgIpc) is 3.30. The number of nitrogens with one attached hydrogen (secondary N) is 3. The van der Waals surface area contributed by atoms with Crippen LogP contribution in [0.5, 0.6) is 0 Å². The molecule has 2 heterocycles. The molecule has 0 bridgehead atoms. The number of rotatable bonds is 5. The maximum atomic E-state index is 12.0. The van der Waals surface area contributed by atoms with E-state index in [0.29, 0.717) is 33.8 Å². The van der Waals surface area contributed by atoms with Gasteiger partial charge in [-0.25, -0.2) is 17.9 Å². The number of carbonyl (C=O) groups excluding carboxylic acids is 1. The fraction of sp³-hybridized carbons (Fsp3) is 0.0500. The molecule has 0 radical (unpaired) electrons. The Balaban J connectivity index is 1.52. The lowest BCUT2D eigenvalue weighted by Crippen LogP contribution is -2.28. The molecule has 9 nitrogen and oxygen atoms in total. The molecule has 0 unspecified atom stereocenters. The fourth-order valence-corrected chi connectivity index (χ4v) is 3.85. The van der Waals surface area contributed by atoms with Gasteiger partial charge in [-0.1, -0.05) is 0 Å². The molecule has 0 spiro atoms. The highest BCUT2D eigenvalue weighted by atomic mass is 32.2. The quantitative estimate of drug-likeness (QED) is 0.423. The number of H-pyrrole nitrogens is 2. The number of imidazole rings is 1. The van der Waals surface area contributed by atoms with E-state index < -0.39 is 15.9 Å². The largest absolute Gasteiger partial charge is 0.455 e. The molecule has 3 N–H and O–H groups in total. The average molecular weight is 424 g/mol. The number of aliphatic imine (C=N–C) groups is 1. The van der Waals surface area contributed by atoms with E-state index in [1.807, 2.05) is 4.72 Å². The van der Waals surface area contributed by atoms with Crippen LogP contribution in [-0.4, -0.2) is 30.5 Å². The fourth-order valence-electron chi connectivity index (χ4n) is 2.86. The summed E-state index contributed by atoms with van der Waals surface area (Å²) in [7, 11) is -3.88. The minimum atomic E-state index is -3.88. The maximum absolute atomic E-state index is 12.0. The van der Waals surface area contributed by atoms with Gasteiger partial charge in [0.1, 0.15) is 11.5 Å². The van der Waals surface area contributed by atoms with Crippen molar-refractivity contribution in [2.24, 2.45) is 4.99 Å². The van der Waals surface area contributed by atoms with Crippen LogP contribution in [0.15, 0.2) is 73.7 Å². The zero-order valence-electron chi connectivity index (χ0n) is 15.7. The van der Waals surface area contributed by atoms with Crippen molar-refractivity contribution in [3.63, 3.8) is 0 Å². The van der Waals surface area contributed by atoms with Gasteiger partial charge in [0.15, 0.2) is 0 Å². The lowest BCUT2D eigenvalue weighted by atomic mass is 10.2. The lowest BCUT2D eigenvalue weighted by Gasteiger charge is -2.05. The second-order valence-corrected chi connectivity index (χ2v) is 8.14. The van der Waals surface area contributed by atoms with Crippen molar-refractivity contribution >= 4 is 38.9 Å². The molecule has 10 heteroatoms. The van der Waals surface area contributed by atoms with E-state index in [9.17, 15) is 18.0 Å². The molecule has 2 aromatic heterocycles. The summed E-state index contributed by atoms with van der Waals surface area (Å²) in [6.45, 7) is 1.13. The van der Waals surface area contributed by atoms with Crippen molar-refractivity contribution in [2.75, 3.05) is 0 Å². The molecule has 0 saturated carbocycles. The zero-order chi connectivity index (χ0) is 21.3. The van der Waals surface area contributed by atoms with E-state index in [4.69, 9.17) is 4.42 Å². The minimum Gasteiger partial charge on any atom is -0.455 e. The molecule has 30 heavy (non-hydrogen) atoms. The third-order valence-electron chi connectivity index (χ3n) is 4.19. The number of benzene rings is 2. The standard InChI is InChI=1S/C20H16N4O5S/c1-12(25)24-30(27,28)16-6-2-13(3-7-16)19-9-5-15(29-19)11-21-14-4-8-17-18(10-14)23-20(26)22-17/h2-11H,1H3,(H,24,25)(H2,22,23,26). The third-order valence-corrected chi connectivity index (χ3v) is 5.64. The molecule has 0 aliphatic heterocycles. The first-order valence-electron chi connectivity index (χ1n) is 8.80. The van der Waals surface area contributed by atoms with Gasteiger partial charge in [-0.05, 0) is 54.6 Å². The van der Waals surface area contributed by atoms with Crippen LogP contribution in [0.3, 0.4) is 0 Å². The monoisotopic (exact) mass is 424 g/mol. The number of hydrogen-bond acceptors (Lipinski definition) is 6. The van der Waals surface area contributed by atoms with Crippen LogP contribution in [0.25, 0.3) is 22.4 Å². The summed E-state index contributed by atoms with van der Waals surface area (Å²) in [5, 5.41) is 0. The lowest BCUT2D eigenvalue weighted by molar-refractivity contribution is -0.117. The highest BCUT2D eigenvalue weighted by Gasteiger charge is 2.15. The molecular weight excluding hydrogens is 408 g/mol. The van der Waals surface area contributed by atoms with Crippen LogP contribution in [0, 0.1) is 0 Å². The summed E-state index contributed by atoms with van der Waals surface area (Å²) in [5.74, 6) is 0.379. The van der Waals surface area contributed by atoms with Crippen molar-refractivity contribution in [1.29, 1.82) is 0 Å². The van der Waals surface area contributed by atoms with E-state index in [1.165, 1.54) is 12.1 Å². The van der Waals surface area contributed by atoms with Crippen molar-refractivity contribution in [3.8, 4) is 11.3 Å². The first kappa shape index (κ1) is 19.4. The van der Waals surface area contributed by atoms with E-state index in [-0.39, 0.29) is 10.6 Å². The Labute approximate surface area is 170 Å². The van der Waals surface area contributed by atoms with Crippen molar-refractivity contribution in [2.45, 2.75) is 11.8 Å². The Bertz CT molecular complexity index is 1430. The number of sulfonamides is 1. The molecule has 0 saturated heterocycles. The van der Waals surface area contributed by atoms with Gasteiger partial charge in [-0.15, -0.1) is 0 Å². The van der Waals surface area contributed by atoms with Gasteiger partial charge in [0.2, 0.25) is 5.91 Å². The number of amides is 1. The molecule has 0 fully saturated rings. The molecule has 0 aliphatic rings. The van der Waals surface area contributed by atoms with Gasteiger partial charge in [-0.2, -0.15) is 0 Å². The summed E-state index contributed by atoms with van der Waals surface area (Å²) in [6, 6.07) is 14.7. The van der Waals surface area contributed by atoms with Gasteiger partial charge in [0, 0.05) is 12.5 Å². The van der Waals surface area contributed by atoms with Crippen LogP contribution in [0.2, 0.25) is 0 Å². The summed E-state index contributed by atoms with van der Waals surface area (Å²) in [5.41, 5.74) is 2.39. The second kappa shape index (κ2) is 7.48. The van der Waals surface area contributed by atoms with Gasteiger partial charge < -0.3 is 14.4 Å². The molecule has 0 atom stereocenters. The predicted molar refractivity (Wildman–Crippen MR) is 111 cm³/mol. The minimum absolute atomic E-state index is 0.0204. The van der Waals surface area contributed by atoms with Crippen LogP contribution >= 0.6 is 0 Å². The van der Waals surface area contributed by atoms with E-state index in [2.05, 4.69) is 15.0 Å². The Morgan fingerprint density at radius 2 is 1.77 bits per heavy atom. The summed E-state index contributed by atoms with van der Waals surface area (Å²) < 4.78 is 31.7. The molecule has 4 aromatic rings. The highest BCUT2D eigenvalue weighted by molar-refractivity contribution is 7.90. The van der Waals surface area contributed by atoms with Crippen LogP contribution in [0.1, 0.15) is 12.7 Å². The first-order valence-corrected chi connectivity index (χ1v) is 10.3. The molecule has 2 aromatic carbocycles. The molecular formula is C20H16N4O5S. The number of carbonyl (C=O) groups is 1. The van der Waals surface area contributed by atoms with E-state index in [1.54, 1.807) is 48.7 Å². The highest BCUT2D eigenvalue weighted by Crippen LogP contribution is 2.24. The number of fused-ring (bicyclic) bond motifs is 1. The van der Waals surface area contributed by atoms with Gasteiger partial charge in [0.05, 0.1) is 27.8 Å². The Morgan fingerprint density at radius 3 is 2.50 bits per heavy atom. The van der Waals surface area contributed by atoms with Crippen LogP contribution in [-0.2, 0) is 14.8 Å². The third kappa shape index (κ3) is 4.08. The number of nitrogens with zero attached hydrogens (tertiary/aromatic N) is 1. The van der Waals surface area contributed by atoms with Crippen LogP contribution in [0.4, 0.5) is 5.69 Å². The Hall–Kier alpha value is -3.92. The van der Waals surface area contributed by atoms with E-state index >= 15 is 0 Å². The predicted octanol–water partition coefficient (Wildman–Crippen LogP) is 2.69. The number of hydrogen-bond donors (Lipinski definition) is 3. The first-order chi connectivity index (χ1) is 14.3. The summed E-state index contributed by atoms with van der Waals surface area (Å²) in [4.78, 5) is 32.0. The molecule has 1 amide bonds. The SMILES string of the molecule is CC(=O)NS(=O)(=O)c1ccc(-c2ccc(C=Nc3ccc4[nH]c(=O)[nH]c4c3)o2)cc1. The van der Waals surface area contributed by atoms with E-state index in [0.717, 1.165) is 6.92 Å². The Morgan fingerprint density at radius 1 is 1.03 bits per heavy atom. The van der Waals surface area contributed by atoms with Crippen molar-refractivity contribution in [3.05, 3.63) is 70.8 Å². The smallest absolute Gasteiger partial charge is 0.323 e. The van der Waals surface area contributed by atoms with Crippen LogP contribution < -0.4 is 10.4 Å². The topological polar surface area (TPSA) is 137 Å². The van der Waals surface area contributed by atoms with Crippen molar-refractivity contribution in [1.82, 2.24) is 14.7 Å². The van der Waals surface area contributed by atoms with Gasteiger partial charge in [-0.3, -0.25) is 9.79 Å². The van der Waals surface area contributed by atoms with Crippen molar-refractivity contribution < 1.29 is 17.6 Å². The molecule has 152 valence electrons. The summed E-state index contributed by atoms with van der Waals surface area (Å²) in [6.07, 6.45) is 1.55. The zero-order valence-corrected chi connectivity index (χ0v) is 16.5. The number of aromatic amines is 2. The summed E-state index contributed by atoms with van der Waals surface area (Å²) >= 11 is 0. The normalized spacial score (nSPS) is 11.9. The number of aromatic nitrogens is 2. The molecule has 4 rings (SSSR count). The van der Waals surface area contributed by atoms with Gasteiger partial charge >= 0.3 is 5.69 Å². The molecule has 0 aliphatic carbocycles. The number of furan rings is 1. The maximum Gasteiger partial charge on any atom is 0.323 e. The van der Waals surface area contributed by atoms with Gasteiger partial charge in [0.25, 0.3) is 10.0 Å².